The molecule has 2 heterocycles. The van der Waals surface area contributed by atoms with Gasteiger partial charge in [-0.05, 0) is 41.8 Å². The van der Waals surface area contributed by atoms with Crippen molar-refractivity contribution in [1.29, 1.82) is 5.26 Å². The Bertz CT molecular complexity index is 1330. The van der Waals surface area contributed by atoms with Crippen molar-refractivity contribution in [3.63, 3.8) is 0 Å². The first-order valence-corrected chi connectivity index (χ1v) is 11.9. The van der Waals surface area contributed by atoms with Gasteiger partial charge in [0.1, 0.15) is 11.9 Å². The van der Waals surface area contributed by atoms with Gasteiger partial charge in [-0.3, -0.25) is 4.79 Å². The highest BCUT2D eigenvalue weighted by Crippen LogP contribution is 2.22. The third kappa shape index (κ3) is 6.23. The largest absolute Gasteiger partial charge is 0.309 e. The van der Waals surface area contributed by atoms with Gasteiger partial charge in [-0.1, -0.05) is 63.2 Å². The van der Waals surface area contributed by atoms with E-state index in [1.54, 1.807) is 30.7 Å². The molecule has 0 spiro atoms. The monoisotopic (exact) mass is 478 g/mol. The van der Waals surface area contributed by atoms with Gasteiger partial charge in [0, 0.05) is 18.2 Å². The molecule has 1 amide bonds. The number of hydrogen-bond donors (Lipinski definition) is 2. The van der Waals surface area contributed by atoms with Crippen LogP contribution < -0.4 is 10.6 Å². The molecule has 36 heavy (non-hydrogen) atoms. The van der Waals surface area contributed by atoms with E-state index < -0.39 is 6.04 Å². The second-order valence-corrected chi connectivity index (χ2v) is 9.66. The molecule has 0 radical (unpaired) electrons. The van der Waals surface area contributed by atoms with Crippen LogP contribution in [0.25, 0.3) is 5.69 Å². The van der Waals surface area contributed by atoms with Gasteiger partial charge in [-0.25, -0.2) is 9.97 Å². The molecule has 0 fully saturated rings. The average Bonchev–Trinajstić information content (AvgIpc) is 3.39. The summed E-state index contributed by atoms with van der Waals surface area (Å²) in [5.74, 6) is 0.300. The van der Waals surface area contributed by atoms with Crippen LogP contribution in [0, 0.1) is 11.3 Å². The van der Waals surface area contributed by atoms with E-state index in [1.165, 1.54) is 0 Å². The van der Waals surface area contributed by atoms with E-state index >= 15 is 0 Å². The number of benzene rings is 2. The minimum Gasteiger partial charge on any atom is -0.309 e. The lowest BCUT2D eigenvalue weighted by Crippen LogP contribution is -2.34. The van der Waals surface area contributed by atoms with Crippen LogP contribution in [0.2, 0.25) is 0 Å². The maximum Gasteiger partial charge on any atom is 0.247 e. The highest BCUT2D eigenvalue weighted by molar-refractivity contribution is 5.94. The molecule has 7 heteroatoms. The number of carbonyl (C=O) groups is 1. The smallest absolute Gasteiger partial charge is 0.247 e. The lowest BCUT2D eigenvalue weighted by molar-refractivity contribution is -0.118. The second kappa shape index (κ2) is 11.0. The van der Waals surface area contributed by atoms with Crippen LogP contribution in [-0.2, 0) is 16.6 Å². The van der Waals surface area contributed by atoms with Gasteiger partial charge in [0.2, 0.25) is 5.91 Å². The maximum absolute atomic E-state index is 13.2. The Hall–Kier alpha value is -4.28. The van der Waals surface area contributed by atoms with Gasteiger partial charge < -0.3 is 15.2 Å². The minimum atomic E-state index is -0.533. The first-order valence-electron chi connectivity index (χ1n) is 11.9. The fraction of sp³-hybridized carbons (Fsp3) is 0.241. The van der Waals surface area contributed by atoms with E-state index in [0.29, 0.717) is 17.9 Å². The zero-order chi connectivity index (χ0) is 25.5. The van der Waals surface area contributed by atoms with Crippen molar-refractivity contribution in [3.8, 4) is 11.8 Å². The summed E-state index contributed by atoms with van der Waals surface area (Å²) in [6, 6.07) is 22.4. The summed E-state index contributed by atoms with van der Waals surface area (Å²) >= 11 is 0. The molecule has 2 N–H and O–H groups in total. The molecule has 7 nitrogen and oxygen atoms in total. The average molecular weight is 479 g/mol. The van der Waals surface area contributed by atoms with Gasteiger partial charge >= 0.3 is 0 Å². The van der Waals surface area contributed by atoms with Crippen molar-refractivity contribution >= 4 is 11.7 Å². The van der Waals surface area contributed by atoms with Crippen LogP contribution in [-0.4, -0.2) is 27.0 Å². The number of carbonyl (C=O) groups excluding carboxylic acids is 1. The molecule has 2 aromatic heterocycles. The molecule has 0 aliphatic carbocycles. The van der Waals surface area contributed by atoms with Crippen molar-refractivity contribution in [2.45, 2.75) is 38.6 Å². The molecule has 0 saturated heterocycles. The van der Waals surface area contributed by atoms with Gasteiger partial charge in [-0.2, -0.15) is 5.26 Å². The topological polar surface area (TPSA) is 95.6 Å². The maximum atomic E-state index is 13.2. The summed E-state index contributed by atoms with van der Waals surface area (Å²) in [4.78, 5) is 22.2. The van der Waals surface area contributed by atoms with Gasteiger partial charge in [0.25, 0.3) is 0 Å². The van der Waals surface area contributed by atoms with Crippen molar-refractivity contribution in [2.24, 2.45) is 0 Å². The Morgan fingerprint density at radius 1 is 1.03 bits per heavy atom. The van der Waals surface area contributed by atoms with Crippen LogP contribution in [0.3, 0.4) is 0 Å². The predicted molar refractivity (Wildman–Crippen MR) is 141 cm³/mol. The summed E-state index contributed by atoms with van der Waals surface area (Å²) in [6.45, 7) is 6.97. The molecule has 2 aromatic carbocycles. The van der Waals surface area contributed by atoms with E-state index in [0.717, 1.165) is 28.9 Å². The Balaban J connectivity index is 1.42. The molecule has 4 aromatic rings. The van der Waals surface area contributed by atoms with E-state index in [1.807, 2.05) is 59.3 Å². The molecule has 182 valence electrons. The molecular formula is C29H30N6O. The van der Waals surface area contributed by atoms with Crippen molar-refractivity contribution < 1.29 is 4.79 Å². The molecule has 4 rings (SSSR count). The fourth-order valence-electron chi connectivity index (χ4n) is 3.78. The summed E-state index contributed by atoms with van der Waals surface area (Å²) in [6.07, 6.45) is 6.23. The number of hydrogen-bond acceptors (Lipinski definition) is 5. The summed E-state index contributed by atoms with van der Waals surface area (Å²) in [7, 11) is 0. The number of anilines is 1. The van der Waals surface area contributed by atoms with Crippen LogP contribution >= 0.6 is 0 Å². The summed E-state index contributed by atoms with van der Waals surface area (Å²) in [5, 5.41) is 15.3. The summed E-state index contributed by atoms with van der Waals surface area (Å²) < 4.78 is 1.93. The van der Waals surface area contributed by atoms with Gasteiger partial charge in [0.05, 0.1) is 35.5 Å². The van der Waals surface area contributed by atoms with Crippen LogP contribution in [0.5, 0.6) is 0 Å². The number of nitriles is 1. The lowest BCUT2D eigenvalue weighted by atomic mass is 9.93. The molecule has 0 aliphatic heterocycles. The molecule has 0 bridgehead atoms. The number of rotatable bonds is 8. The Morgan fingerprint density at radius 3 is 2.39 bits per heavy atom. The predicted octanol–water partition coefficient (Wildman–Crippen LogP) is 4.95. The highest BCUT2D eigenvalue weighted by Gasteiger charge is 2.21. The van der Waals surface area contributed by atoms with Crippen molar-refractivity contribution in [3.05, 3.63) is 108 Å². The third-order valence-electron chi connectivity index (χ3n) is 5.89. The van der Waals surface area contributed by atoms with E-state index in [-0.39, 0.29) is 11.3 Å². The minimum absolute atomic E-state index is 0.0356. The number of aromatic nitrogens is 3. The lowest BCUT2D eigenvalue weighted by Gasteiger charge is -2.19. The van der Waals surface area contributed by atoms with Gasteiger partial charge in [-0.15, -0.1) is 0 Å². The first kappa shape index (κ1) is 24.8. The van der Waals surface area contributed by atoms with Crippen molar-refractivity contribution in [2.75, 3.05) is 11.9 Å². The molecule has 0 saturated carbocycles. The molecule has 1 atom stereocenters. The highest BCUT2D eigenvalue weighted by atomic mass is 16.2. The first-order chi connectivity index (χ1) is 17.3. The Kier molecular flexibility index (Phi) is 7.57. The number of pyridine rings is 1. The van der Waals surface area contributed by atoms with E-state index in [2.05, 4.69) is 47.4 Å². The molecule has 1 unspecified atom stereocenters. The normalized spacial score (nSPS) is 12.1. The summed E-state index contributed by atoms with van der Waals surface area (Å²) in [5.41, 5.74) is 4.44. The fourth-order valence-corrected chi connectivity index (χ4v) is 3.78. The number of imidazole rings is 1. The van der Waals surface area contributed by atoms with Crippen LogP contribution in [0.15, 0.2) is 85.5 Å². The van der Waals surface area contributed by atoms with Crippen LogP contribution in [0.1, 0.15) is 49.2 Å². The SMILES string of the molecule is CC(C)(C)c1cn(-c2ccc(NC(=O)C(NCCc3ccc(C#N)cc3)c3ccccc3)nc2)cn1. The van der Waals surface area contributed by atoms with E-state index in [9.17, 15) is 4.79 Å². The number of nitrogens with one attached hydrogen (secondary N) is 2. The van der Waals surface area contributed by atoms with Crippen molar-refractivity contribution in [1.82, 2.24) is 19.9 Å². The zero-order valence-electron chi connectivity index (χ0n) is 20.8. The second-order valence-electron chi connectivity index (χ2n) is 9.66. The number of amides is 1. The quantitative estimate of drug-likeness (QED) is 0.374. The Morgan fingerprint density at radius 2 is 1.78 bits per heavy atom. The van der Waals surface area contributed by atoms with E-state index in [4.69, 9.17) is 5.26 Å². The number of nitrogens with zero attached hydrogens (tertiary/aromatic N) is 4. The van der Waals surface area contributed by atoms with Crippen LogP contribution in [0.4, 0.5) is 5.82 Å². The zero-order valence-corrected chi connectivity index (χ0v) is 20.8. The standard InChI is InChI=1S/C29H30N6O/c1-29(2,3)25-19-35(20-33-25)24-13-14-26(32-18-24)34-28(36)27(23-7-5-4-6-8-23)31-16-15-21-9-11-22(17-30)12-10-21/h4-14,18-20,27,31H,15-16H2,1-3H3,(H,32,34,36). The Labute approximate surface area is 211 Å². The molecular weight excluding hydrogens is 448 g/mol. The van der Waals surface area contributed by atoms with Gasteiger partial charge in [0.15, 0.2) is 0 Å². The third-order valence-corrected chi connectivity index (χ3v) is 5.89. The molecule has 0 aliphatic rings.